The Morgan fingerprint density at radius 3 is 2.27 bits per heavy atom. The smallest absolute Gasteiger partial charge is 0.253 e. The fraction of sp³-hybridized carbons (Fsp3) is 0.394. The fourth-order valence-corrected chi connectivity index (χ4v) is 4.80. The zero-order valence-electron chi connectivity index (χ0n) is 24.5. The molecular weight excluding hydrogens is 521 g/mol. The number of carbonyl (C=O) groups is 2. The lowest BCUT2D eigenvalue weighted by atomic mass is 9.99. The number of nitrogens with zero attached hydrogens (tertiary/aromatic N) is 1. The molecule has 0 aromatic heterocycles. The van der Waals surface area contributed by atoms with Gasteiger partial charge in [-0.15, -0.1) is 0 Å². The summed E-state index contributed by atoms with van der Waals surface area (Å²) in [7, 11) is 1.40. The van der Waals surface area contributed by atoms with Gasteiger partial charge in [0, 0.05) is 37.3 Å². The number of amides is 2. The minimum atomic E-state index is -0.969. The molecule has 0 aliphatic heterocycles. The van der Waals surface area contributed by atoms with Crippen LogP contribution < -0.4 is 15.4 Å². The van der Waals surface area contributed by atoms with Gasteiger partial charge in [-0.2, -0.15) is 0 Å². The van der Waals surface area contributed by atoms with Crippen LogP contribution in [-0.2, 0) is 13.0 Å². The monoisotopic (exact) mass is 563 g/mol. The Labute approximate surface area is 242 Å². The summed E-state index contributed by atoms with van der Waals surface area (Å²) in [6.07, 6.45) is 0.909. The number of rotatable bonds is 15. The zero-order valence-corrected chi connectivity index (χ0v) is 24.5. The van der Waals surface area contributed by atoms with E-state index in [2.05, 4.69) is 10.6 Å². The first-order chi connectivity index (χ1) is 19.7. The Balaban J connectivity index is 1.81. The first-order valence-electron chi connectivity index (χ1n) is 14.2. The predicted octanol–water partition coefficient (Wildman–Crippen LogP) is 4.90. The van der Waals surface area contributed by atoms with Crippen molar-refractivity contribution in [2.24, 2.45) is 0 Å². The molecule has 7 nitrogen and oxygen atoms in total. The molecule has 0 aliphatic rings. The number of methoxy groups -OCH3 is 1. The molecule has 0 fully saturated rings. The Morgan fingerprint density at radius 2 is 1.63 bits per heavy atom. The molecule has 0 heterocycles. The maximum Gasteiger partial charge on any atom is 0.253 e. The Morgan fingerprint density at radius 1 is 0.951 bits per heavy atom. The van der Waals surface area contributed by atoms with Crippen molar-refractivity contribution in [1.82, 2.24) is 15.5 Å². The van der Waals surface area contributed by atoms with Crippen LogP contribution in [0.3, 0.4) is 0 Å². The van der Waals surface area contributed by atoms with Gasteiger partial charge in [-0.3, -0.25) is 9.59 Å². The second-order valence-corrected chi connectivity index (χ2v) is 10.3. The topological polar surface area (TPSA) is 90.9 Å². The van der Waals surface area contributed by atoms with Crippen LogP contribution in [0.5, 0.6) is 5.75 Å². The van der Waals surface area contributed by atoms with E-state index in [1.54, 1.807) is 29.2 Å². The Bertz CT molecular complexity index is 1280. The van der Waals surface area contributed by atoms with Gasteiger partial charge in [-0.1, -0.05) is 50.2 Å². The van der Waals surface area contributed by atoms with E-state index in [1.165, 1.54) is 19.2 Å². The second kappa shape index (κ2) is 15.9. The van der Waals surface area contributed by atoms with Gasteiger partial charge in [0.25, 0.3) is 11.8 Å². The molecule has 3 aromatic carbocycles. The molecule has 2 atom stereocenters. The molecule has 0 saturated heterocycles. The quantitative estimate of drug-likeness (QED) is 0.245. The van der Waals surface area contributed by atoms with Gasteiger partial charge < -0.3 is 25.4 Å². The molecule has 220 valence electrons. The summed E-state index contributed by atoms with van der Waals surface area (Å²) in [4.78, 5) is 28.5. The van der Waals surface area contributed by atoms with Gasteiger partial charge in [-0.25, -0.2) is 4.39 Å². The van der Waals surface area contributed by atoms with Crippen LogP contribution in [0.15, 0.2) is 66.7 Å². The highest BCUT2D eigenvalue weighted by molar-refractivity contribution is 6.00. The van der Waals surface area contributed by atoms with E-state index in [9.17, 15) is 19.1 Å². The van der Waals surface area contributed by atoms with Gasteiger partial charge >= 0.3 is 0 Å². The highest BCUT2D eigenvalue weighted by atomic mass is 19.1. The van der Waals surface area contributed by atoms with Crippen molar-refractivity contribution in [1.29, 1.82) is 0 Å². The molecule has 3 N–H and O–H groups in total. The summed E-state index contributed by atoms with van der Waals surface area (Å²) in [5.41, 5.74) is 3.24. The van der Waals surface area contributed by atoms with Crippen LogP contribution in [0.4, 0.5) is 4.39 Å². The van der Waals surface area contributed by atoms with Gasteiger partial charge in [0.1, 0.15) is 0 Å². The first-order valence-corrected chi connectivity index (χ1v) is 14.2. The summed E-state index contributed by atoms with van der Waals surface area (Å²) in [5, 5.41) is 17.3. The number of ether oxygens (including phenoxy) is 1. The lowest BCUT2D eigenvalue weighted by Crippen LogP contribution is -2.48. The van der Waals surface area contributed by atoms with E-state index >= 15 is 0 Å². The van der Waals surface area contributed by atoms with Crippen LogP contribution in [0.25, 0.3) is 0 Å². The van der Waals surface area contributed by atoms with Crippen LogP contribution in [0.1, 0.15) is 64.1 Å². The van der Waals surface area contributed by atoms with E-state index in [-0.39, 0.29) is 24.6 Å². The minimum absolute atomic E-state index is 0.109. The van der Waals surface area contributed by atoms with Crippen molar-refractivity contribution in [3.8, 4) is 5.75 Å². The lowest BCUT2D eigenvalue weighted by molar-refractivity contribution is 0.0755. The first kappa shape index (κ1) is 31.8. The number of aryl methyl sites for hydroxylation is 1. The number of halogens is 1. The molecule has 3 rings (SSSR count). The van der Waals surface area contributed by atoms with Gasteiger partial charge in [0.05, 0.1) is 19.3 Å². The molecular formula is C33H42FN3O4. The minimum Gasteiger partial charge on any atom is -0.494 e. The van der Waals surface area contributed by atoms with Crippen molar-refractivity contribution in [2.75, 3.05) is 26.7 Å². The van der Waals surface area contributed by atoms with Gasteiger partial charge in [0.2, 0.25) is 0 Å². The Kier molecular flexibility index (Phi) is 12.3. The van der Waals surface area contributed by atoms with E-state index in [1.807, 2.05) is 51.1 Å². The standard InChI is InChI=1S/C33H42FN3O4/c1-5-14-37(15-6-2)33(40)27-17-23(3)16-26(20-27)32(39)36-29(19-25-12-13-31(41-4)28(34)18-25)30(38)22-35-21-24-10-8-7-9-11-24/h7-13,16-18,20,29-30,35,38H,5-6,14-15,19,21-22H2,1-4H3,(H,36,39)/t29-,30+/m0/s1. The van der Waals surface area contributed by atoms with E-state index in [0.29, 0.717) is 36.3 Å². The highest BCUT2D eigenvalue weighted by Gasteiger charge is 2.24. The normalized spacial score (nSPS) is 12.4. The molecule has 0 bridgehead atoms. The highest BCUT2D eigenvalue weighted by Crippen LogP contribution is 2.20. The Hall–Kier alpha value is -3.75. The van der Waals surface area contributed by atoms with Crippen molar-refractivity contribution in [3.63, 3.8) is 0 Å². The SMILES string of the molecule is CCCN(CCC)C(=O)c1cc(C)cc(C(=O)N[C@@H](Cc2ccc(OC)c(F)c2)[C@H](O)CNCc2ccccc2)c1. The zero-order chi connectivity index (χ0) is 29.8. The molecule has 0 radical (unpaired) electrons. The average molecular weight is 564 g/mol. The van der Waals surface area contributed by atoms with E-state index in [0.717, 1.165) is 24.0 Å². The third kappa shape index (κ3) is 9.40. The summed E-state index contributed by atoms with van der Waals surface area (Å²) >= 11 is 0. The molecule has 0 saturated carbocycles. The van der Waals surface area contributed by atoms with Gasteiger partial charge in [0.15, 0.2) is 11.6 Å². The number of nitrogens with one attached hydrogen (secondary N) is 2. The van der Waals surface area contributed by atoms with Crippen molar-refractivity contribution in [3.05, 3.63) is 100 Å². The summed E-state index contributed by atoms with van der Waals surface area (Å²) < 4.78 is 19.5. The summed E-state index contributed by atoms with van der Waals surface area (Å²) in [6.45, 7) is 7.94. The number of hydrogen-bond donors (Lipinski definition) is 3. The fourth-order valence-electron chi connectivity index (χ4n) is 4.80. The molecule has 0 unspecified atom stereocenters. The lowest BCUT2D eigenvalue weighted by Gasteiger charge is -2.25. The van der Waals surface area contributed by atoms with Crippen LogP contribution >= 0.6 is 0 Å². The number of benzene rings is 3. The predicted molar refractivity (Wildman–Crippen MR) is 160 cm³/mol. The van der Waals surface area contributed by atoms with Crippen LogP contribution in [-0.4, -0.2) is 60.7 Å². The molecule has 2 amide bonds. The average Bonchev–Trinajstić information content (AvgIpc) is 2.96. The van der Waals surface area contributed by atoms with E-state index in [4.69, 9.17) is 4.74 Å². The van der Waals surface area contributed by atoms with Gasteiger partial charge in [-0.05, 0) is 73.2 Å². The molecule has 8 heteroatoms. The van der Waals surface area contributed by atoms with Crippen molar-refractivity contribution in [2.45, 2.75) is 58.7 Å². The van der Waals surface area contributed by atoms with Crippen molar-refractivity contribution < 1.29 is 23.8 Å². The summed E-state index contributed by atoms with van der Waals surface area (Å²) in [6, 6.07) is 18.8. The molecule has 41 heavy (non-hydrogen) atoms. The molecule has 3 aromatic rings. The molecule has 0 spiro atoms. The largest absolute Gasteiger partial charge is 0.494 e. The van der Waals surface area contributed by atoms with E-state index < -0.39 is 23.9 Å². The number of carbonyl (C=O) groups excluding carboxylic acids is 2. The maximum absolute atomic E-state index is 14.4. The molecule has 0 aliphatic carbocycles. The number of hydrogen-bond acceptors (Lipinski definition) is 5. The summed E-state index contributed by atoms with van der Waals surface area (Å²) in [5.74, 6) is -0.919. The third-order valence-corrected chi connectivity index (χ3v) is 6.84. The second-order valence-electron chi connectivity index (χ2n) is 10.3. The van der Waals surface area contributed by atoms with Crippen molar-refractivity contribution >= 4 is 11.8 Å². The maximum atomic E-state index is 14.4. The van der Waals surface area contributed by atoms with Crippen LogP contribution in [0, 0.1) is 12.7 Å². The number of aliphatic hydroxyl groups is 1. The van der Waals surface area contributed by atoms with Crippen LogP contribution in [0.2, 0.25) is 0 Å². The number of aliphatic hydroxyl groups excluding tert-OH is 1. The third-order valence-electron chi connectivity index (χ3n) is 6.84.